The first-order chi connectivity index (χ1) is 7.06. The van der Waals surface area contributed by atoms with E-state index in [1.54, 1.807) is 19.1 Å². The van der Waals surface area contributed by atoms with Crippen LogP contribution in [0.2, 0.25) is 0 Å². The van der Waals surface area contributed by atoms with E-state index in [2.05, 4.69) is 0 Å². The zero-order valence-corrected chi connectivity index (χ0v) is 8.78. The smallest absolute Gasteiger partial charge is 0.303 e. The SMILES string of the molecule is COc1ccc(CCC(=O)O)c(O)c1C. The molecule has 0 saturated carbocycles. The van der Waals surface area contributed by atoms with Crippen LogP contribution < -0.4 is 4.74 Å². The van der Waals surface area contributed by atoms with E-state index in [1.165, 1.54) is 7.11 Å². The maximum atomic E-state index is 10.4. The Labute approximate surface area is 88.1 Å². The summed E-state index contributed by atoms with van der Waals surface area (Å²) in [7, 11) is 1.53. The van der Waals surface area contributed by atoms with Gasteiger partial charge < -0.3 is 14.9 Å². The summed E-state index contributed by atoms with van der Waals surface area (Å²) in [6.45, 7) is 1.73. The topological polar surface area (TPSA) is 66.8 Å². The van der Waals surface area contributed by atoms with Gasteiger partial charge >= 0.3 is 5.97 Å². The Hall–Kier alpha value is -1.71. The zero-order chi connectivity index (χ0) is 11.4. The summed E-state index contributed by atoms with van der Waals surface area (Å²) in [4.78, 5) is 10.4. The van der Waals surface area contributed by atoms with E-state index in [4.69, 9.17) is 9.84 Å². The predicted molar refractivity (Wildman–Crippen MR) is 55.4 cm³/mol. The summed E-state index contributed by atoms with van der Waals surface area (Å²) in [6.07, 6.45) is 0.339. The highest BCUT2D eigenvalue weighted by molar-refractivity contribution is 5.67. The standard InChI is InChI=1S/C11H14O4/c1-7-9(15-2)5-3-8(11(7)14)4-6-10(12)13/h3,5,14H,4,6H2,1-2H3,(H,12,13). The van der Waals surface area contributed by atoms with Crippen molar-refractivity contribution in [2.24, 2.45) is 0 Å². The summed E-state index contributed by atoms with van der Waals surface area (Å²) < 4.78 is 5.03. The summed E-state index contributed by atoms with van der Waals surface area (Å²) in [5.41, 5.74) is 1.27. The van der Waals surface area contributed by atoms with Crippen LogP contribution in [0.25, 0.3) is 0 Å². The van der Waals surface area contributed by atoms with Crippen molar-refractivity contribution in [3.63, 3.8) is 0 Å². The Balaban J connectivity index is 2.91. The lowest BCUT2D eigenvalue weighted by molar-refractivity contribution is -0.136. The van der Waals surface area contributed by atoms with Gasteiger partial charge in [0.15, 0.2) is 0 Å². The number of carboxylic acids is 1. The third-order valence-corrected chi connectivity index (χ3v) is 2.29. The lowest BCUT2D eigenvalue weighted by Crippen LogP contribution is -1.99. The lowest BCUT2D eigenvalue weighted by atomic mass is 10.0. The minimum absolute atomic E-state index is 0.0132. The average Bonchev–Trinajstić information content (AvgIpc) is 2.20. The van der Waals surface area contributed by atoms with Crippen molar-refractivity contribution in [2.75, 3.05) is 7.11 Å². The number of carboxylic acid groups (broad SMARTS) is 1. The number of aryl methyl sites for hydroxylation is 1. The maximum Gasteiger partial charge on any atom is 0.303 e. The molecule has 4 heteroatoms. The van der Waals surface area contributed by atoms with E-state index < -0.39 is 5.97 Å². The number of phenols is 1. The second-order valence-corrected chi connectivity index (χ2v) is 3.29. The number of hydrogen-bond donors (Lipinski definition) is 2. The number of aromatic hydroxyl groups is 1. The van der Waals surface area contributed by atoms with Gasteiger partial charge in [-0.15, -0.1) is 0 Å². The zero-order valence-electron chi connectivity index (χ0n) is 8.78. The molecule has 0 spiro atoms. The third kappa shape index (κ3) is 2.62. The first-order valence-corrected chi connectivity index (χ1v) is 4.63. The molecular weight excluding hydrogens is 196 g/mol. The molecule has 0 aliphatic rings. The van der Waals surface area contributed by atoms with Crippen LogP contribution >= 0.6 is 0 Å². The molecule has 0 aromatic heterocycles. The number of hydrogen-bond acceptors (Lipinski definition) is 3. The van der Waals surface area contributed by atoms with Gasteiger partial charge in [-0.25, -0.2) is 0 Å². The lowest BCUT2D eigenvalue weighted by Gasteiger charge is -2.10. The molecule has 0 unspecified atom stereocenters. The van der Waals surface area contributed by atoms with E-state index in [1.807, 2.05) is 0 Å². The largest absolute Gasteiger partial charge is 0.507 e. The molecule has 1 aromatic carbocycles. The van der Waals surface area contributed by atoms with Crippen molar-refractivity contribution in [1.82, 2.24) is 0 Å². The maximum absolute atomic E-state index is 10.4. The van der Waals surface area contributed by atoms with E-state index in [9.17, 15) is 9.90 Å². The Morgan fingerprint density at radius 1 is 1.47 bits per heavy atom. The molecule has 0 saturated heterocycles. The Morgan fingerprint density at radius 2 is 2.13 bits per heavy atom. The monoisotopic (exact) mass is 210 g/mol. The predicted octanol–water partition coefficient (Wildman–Crippen LogP) is 1.73. The van der Waals surface area contributed by atoms with Crippen LogP contribution in [0.1, 0.15) is 17.5 Å². The number of ether oxygens (including phenoxy) is 1. The normalized spacial score (nSPS) is 10.0. The average molecular weight is 210 g/mol. The van der Waals surface area contributed by atoms with Crippen LogP contribution in [-0.4, -0.2) is 23.3 Å². The quantitative estimate of drug-likeness (QED) is 0.794. The molecule has 82 valence electrons. The highest BCUT2D eigenvalue weighted by Crippen LogP contribution is 2.30. The van der Waals surface area contributed by atoms with Crippen LogP contribution in [0.5, 0.6) is 11.5 Å². The van der Waals surface area contributed by atoms with Gasteiger partial charge in [0.1, 0.15) is 11.5 Å². The first kappa shape index (κ1) is 11.4. The van der Waals surface area contributed by atoms with Crippen molar-refractivity contribution in [2.45, 2.75) is 19.8 Å². The number of benzene rings is 1. The fraction of sp³-hybridized carbons (Fsp3) is 0.364. The van der Waals surface area contributed by atoms with Gasteiger partial charge in [-0.1, -0.05) is 6.07 Å². The second kappa shape index (κ2) is 4.68. The van der Waals surface area contributed by atoms with Crippen LogP contribution in [0.4, 0.5) is 0 Å². The fourth-order valence-electron chi connectivity index (χ4n) is 1.40. The Bertz CT molecular complexity index is 371. The number of methoxy groups -OCH3 is 1. The van der Waals surface area contributed by atoms with Gasteiger partial charge in [-0.05, 0) is 25.0 Å². The molecule has 0 amide bonds. The van der Waals surface area contributed by atoms with Crippen LogP contribution in [0.3, 0.4) is 0 Å². The van der Waals surface area contributed by atoms with E-state index in [0.717, 1.165) is 0 Å². The number of aliphatic carboxylic acids is 1. The summed E-state index contributed by atoms with van der Waals surface area (Å²) >= 11 is 0. The van der Waals surface area contributed by atoms with Gasteiger partial charge in [0.25, 0.3) is 0 Å². The summed E-state index contributed by atoms with van der Waals surface area (Å²) in [5, 5.41) is 18.3. The molecule has 0 radical (unpaired) electrons. The molecule has 0 heterocycles. The van der Waals surface area contributed by atoms with E-state index >= 15 is 0 Å². The van der Waals surface area contributed by atoms with Crippen LogP contribution in [0, 0.1) is 6.92 Å². The Kier molecular flexibility index (Phi) is 3.55. The molecule has 1 rings (SSSR count). The van der Waals surface area contributed by atoms with E-state index in [-0.39, 0.29) is 12.2 Å². The third-order valence-electron chi connectivity index (χ3n) is 2.29. The second-order valence-electron chi connectivity index (χ2n) is 3.29. The van der Waals surface area contributed by atoms with Crippen LogP contribution in [0.15, 0.2) is 12.1 Å². The summed E-state index contributed by atoms with van der Waals surface area (Å²) in [6, 6.07) is 3.41. The van der Waals surface area contributed by atoms with Gasteiger partial charge in [0.2, 0.25) is 0 Å². The molecule has 0 atom stereocenters. The van der Waals surface area contributed by atoms with Crippen molar-refractivity contribution in [3.05, 3.63) is 23.3 Å². The molecule has 0 aliphatic carbocycles. The molecule has 0 fully saturated rings. The van der Waals surface area contributed by atoms with Gasteiger partial charge in [0.05, 0.1) is 7.11 Å². The molecule has 1 aromatic rings. The van der Waals surface area contributed by atoms with E-state index in [0.29, 0.717) is 23.3 Å². The highest BCUT2D eigenvalue weighted by Gasteiger charge is 2.10. The van der Waals surface area contributed by atoms with Crippen molar-refractivity contribution in [1.29, 1.82) is 0 Å². The van der Waals surface area contributed by atoms with Gasteiger partial charge in [-0.2, -0.15) is 0 Å². The summed E-state index contributed by atoms with van der Waals surface area (Å²) in [5.74, 6) is -0.148. The number of rotatable bonds is 4. The molecule has 15 heavy (non-hydrogen) atoms. The number of phenolic OH excluding ortho intramolecular Hbond substituents is 1. The molecular formula is C11H14O4. The van der Waals surface area contributed by atoms with Crippen LogP contribution in [-0.2, 0) is 11.2 Å². The molecule has 2 N–H and O–H groups in total. The molecule has 0 aliphatic heterocycles. The van der Waals surface area contributed by atoms with Crippen molar-refractivity contribution in [3.8, 4) is 11.5 Å². The van der Waals surface area contributed by atoms with Crippen molar-refractivity contribution < 1.29 is 19.7 Å². The molecule has 0 bridgehead atoms. The fourth-order valence-corrected chi connectivity index (χ4v) is 1.40. The molecule has 4 nitrogen and oxygen atoms in total. The minimum Gasteiger partial charge on any atom is -0.507 e. The number of carbonyl (C=O) groups is 1. The Morgan fingerprint density at radius 3 is 2.67 bits per heavy atom. The van der Waals surface area contributed by atoms with Gasteiger partial charge in [0, 0.05) is 12.0 Å². The first-order valence-electron chi connectivity index (χ1n) is 4.63. The van der Waals surface area contributed by atoms with Crippen molar-refractivity contribution >= 4 is 5.97 Å². The van der Waals surface area contributed by atoms with Gasteiger partial charge in [-0.3, -0.25) is 4.79 Å². The minimum atomic E-state index is -0.872. The highest BCUT2D eigenvalue weighted by atomic mass is 16.5.